The number of likely N-dealkylation sites (tertiary alicyclic amines) is 2. The Labute approximate surface area is 180 Å². The minimum atomic E-state index is -0.138. The van der Waals surface area contributed by atoms with Crippen LogP contribution >= 0.6 is 0 Å². The van der Waals surface area contributed by atoms with Crippen molar-refractivity contribution in [3.8, 4) is 5.75 Å². The summed E-state index contributed by atoms with van der Waals surface area (Å²) in [5, 5.41) is 3.54. The molecule has 0 aromatic heterocycles. The second-order valence-electron chi connectivity index (χ2n) is 8.40. The Morgan fingerprint density at radius 3 is 2.53 bits per heavy atom. The van der Waals surface area contributed by atoms with Crippen LogP contribution < -0.4 is 15.8 Å². The van der Waals surface area contributed by atoms with E-state index in [0.717, 1.165) is 83.1 Å². The predicted octanol–water partition coefficient (Wildman–Crippen LogP) is 2.04. The molecule has 2 aliphatic rings. The van der Waals surface area contributed by atoms with E-state index >= 15 is 0 Å². The minimum absolute atomic E-state index is 0.0773. The topological polar surface area (TPSA) is 83.2 Å². The second-order valence-corrected chi connectivity index (χ2v) is 8.40. The summed E-state index contributed by atoms with van der Waals surface area (Å²) in [4.78, 5) is 20.6. The predicted molar refractivity (Wildman–Crippen MR) is 121 cm³/mol. The summed E-state index contributed by atoms with van der Waals surface area (Å²) >= 11 is 0. The van der Waals surface area contributed by atoms with Gasteiger partial charge in [-0.15, -0.1) is 0 Å². The summed E-state index contributed by atoms with van der Waals surface area (Å²) in [5.74, 6) is 2.39. The van der Waals surface area contributed by atoms with Crippen LogP contribution in [0.4, 0.5) is 0 Å². The number of ether oxygens (including phenoxy) is 1. The summed E-state index contributed by atoms with van der Waals surface area (Å²) in [5.41, 5.74) is 6.78. The lowest BCUT2D eigenvalue weighted by molar-refractivity contribution is -0.123. The number of hydrogen-bond donors (Lipinski definition) is 2. The Hall–Kier alpha value is -2.28. The molecule has 3 rings (SSSR count). The number of nitrogens with zero attached hydrogens (tertiary/aromatic N) is 3. The largest absolute Gasteiger partial charge is 0.497 e. The van der Waals surface area contributed by atoms with Gasteiger partial charge in [0.05, 0.1) is 7.11 Å². The zero-order chi connectivity index (χ0) is 21.3. The van der Waals surface area contributed by atoms with Crippen molar-refractivity contribution in [2.24, 2.45) is 16.6 Å². The summed E-state index contributed by atoms with van der Waals surface area (Å²) in [7, 11) is 3.57. The highest BCUT2D eigenvalue weighted by atomic mass is 16.5. The van der Waals surface area contributed by atoms with Crippen molar-refractivity contribution in [1.29, 1.82) is 0 Å². The third kappa shape index (κ3) is 6.11. The van der Waals surface area contributed by atoms with Crippen LogP contribution in [0, 0.1) is 5.92 Å². The molecule has 0 aliphatic carbocycles. The Morgan fingerprint density at radius 1 is 1.17 bits per heavy atom. The van der Waals surface area contributed by atoms with Gasteiger partial charge in [-0.25, -0.2) is 0 Å². The molecule has 3 N–H and O–H groups in total. The van der Waals surface area contributed by atoms with Gasteiger partial charge in [-0.1, -0.05) is 12.1 Å². The first-order chi connectivity index (χ1) is 14.6. The molecule has 0 saturated carbocycles. The van der Waals surface area contributed by atoms with E-state index in [-0.39, 0.29) is 11.8 Å². The van der Waals surface area contributed by atoms with E-state index in [2.05, 4.69) is 32.2 Å². The van der Waals surface area contributed by atoms with Crippen LogP contribution in [-0.4, -0.2) is 75.1 Å². The first-order valence-corrected chi connectivity index (χ1v) is 11.2. The van der Waals surface area contributed by atoms with Crippen molar-refractivity contribution in [1.82, 2.24) is 15.1 Å². The van der Waals surface area contributed by atoms with E-state index in [1.807, 2.05) is 19.2 Å². The summed E-state index contributed by atoms with van der Waals surface area (Å²) in [6, 6.07) is 8.44. The molecular weight excluding hydrogens is 378 g/mol. The average Bonchev–Trinajstić information content (AvgIpc) is 3.26. The number of rotatable bonds is 8. The number of hydrogen-bond acceptors (Lipinski definition) is 4. The lowest BCUT2D eigenvalue weighted by Gasteiger charge is -2.30. The smallest absolute Gasteiger partial charge is 0.220 e. The van der Waals surface area contributed by atoms with Gasteiger partial charge >= 0.3 is 0 Å². The van der Waals surface area contributed by atoms with Crippen LogP contribution in [0.25, 0.3) is 0 Å². The Morgan fingerprint density at radius 2 is 1.90 bits per heavy atom. The molecule has 1 atom stereocenters. The Balaban J connectivity index is 1.33. The Kier molecular flexibility index (Phi) is 8.37. The normalized spacial score (nSPS) is 21.1. The summed E-state index contributed by atoms with van der Waals surface area (Å²) < 4.78 is 5.26. The summed E-state index contributed by atoms with van der Waals surface area (Å²) in [6.45, 7) is 6.04. The van der Waals surface area contributed by atoms with Crippen molar-refractivity contribution in [2.45, 2.75) is 38.0 Å². The number of guanidine groups is 1. The van der Waals surface area contributed by atoms with E-state index in [1.54, 1.807) is 7.11 Å². The highest BCUT2D eigenvalue weighted by molar-refractivity contribution is 5.80. The molecule has 1 amide bonds. The number of unbranched alkanes of at least 4 members (excludes halogenated alkanes) is 1. The lowest BCUT2D eigenvalue weighted by atomic mass is 9.96. The van der Waals surface area contributed by atoms with Crippen LogP contribution in [-0.2, 0) is 4.79 Å². The van der Waals surface area contributed by atoms with Gasteiger partial charge in [0.2, 0.25) is 5.91 Å². The number of aliphatic imine (C=N–C) groups is 1. The monoisotopic (exact) mass is 415 g/mol. The Bertz CT molecular complexity index is 698. The number of nitrogens with one attached hydrogen (secondary N) is 1. The van der Waals surface area contributed by atoms with Gasteiger partial charge in [-0.2, -0.15) is 0 Å². The molecule has 7 heteroatoms. The molecule has 0 bridgehead atoms. The summed E-state index contributed by atoms with van der Waals surface area (Å²) in [6.07, 6.45) is 5.23. The van der Waals surface area contributed by atoms with Gasteiger partial charge < -0.3 is 25.6 Å². The molecule has 2 aliphatic heterocycles. The standard InChI is InChI=1S/C23H37N5O2/c1-25-23(26-12-3-4-13-27-14-9-19(10-15-27)22(24)29)28-16-11-20(17-28)18-5-7-21(30-2)8-6-18/h5-8,19-20H,3-4,9-17H2,1-2H3,(H2,24,29)(H,25,26). The third-order valence-corrected chi connectivity index (χ3v) is 6.46. The number of carbonyl (C=O) groups is 1. The second kappa shape index (κ2) is 11.2. The fourth-order valence-electron chi connectivity index (χ4n) is 4.53. The number of piperidine rings is 1. The van der Waals surface area contributed by atoms with Gasteiger partial charge in [-0.05, 0) is 69.4 Å². The van der Waals surface area contributed by atoms with Gasteiger partial charge in [0, 0.05) is 38.5 Å². The number of primary amides is 1. The molecular formula is C23H37N5O2. The van der Waals surface area contributed by atoms with Gasteiger partial charge in [0.15, 0.2) is 5.96 Å². The van der Waals surface area contributed by atoms with Crippen molar-refractivity contribution in [3.05, 3.63) is 29.8 Å². The van der Waals surface area contributed by atoms with Gasteiger partial charge in [0.25, 0.3) is 0 Å². The molecule has 166 valence electrons. The number of nitrogens with two attached hydrogens (primary N) is 1. The maximum atomic E-state index is 11.3. The van der Waals surface area contributed by atoms with Crippen molar-refractivity contribution < 1.29 is 9.53 Å². The molecule has 0 radical (unpaired) electrons. The van der Waals surface area contributed by atoms with E-state index in [9.17, 15) is 4.79 Å². The maximum absolute atomic E-state index is 11.3. The molecule has 7 nitrogen and oxygen atoms in total. The fourth-order valence-corrected chi connectivity index (χ4v) is 4.53. The maximum Gasteiger partial charge on any atom is 0.220 e. The van der Waals surface area contributed by atoms with Gasteiger partial charge in [-0.3, -0.25) is 9.79 Å². The number of amides is 1. The van der Waals surface area contributed by atoms with Crippen molar-refractivity contribution in [2.75, 3.05) is 53.4 Å². The molecule has 2 heterocycles. The fraction of sp³-hybridized carbons (Fsp3) is 0.652. The lowest BCUT2D eigenvalue weighted by Crippen LogP contribution is -2.41. The molecule has 0 spiro atoms. The first kappa shape index (κ1) is 22.4. The molecule has 2 saturated heterocycles. The highest BCUT2D eigenvalue weighted by Gasteiger charge is 2.26. The van der Waals surface area contributed by atoms with Crippen LogP contribution in [0.1, 0.15) is 43.6 Å². The molecule has 1 aromatic carbocycles. The zero-order valence-electron chi connectivity index (χ0n) is 18.5. The van der Waals surface area contributed by atoms with Gasteiger partial charge in [0.1, 0.15) is 5.75 Å². The van der Waals surface area contributed by atoms with Crippen LogP contribution in [0.2, 0.25) is 0 Å². The van der Waals surface area contributed by atoms with E-state index < -0.39 is 0 Å². The first-order valence-electron chi connectivity index (χ1n) is 11.2. The zero-order valence-corrected chi connectivity index (χ0v) is 18.5. The van der Waals surface area contributed by atoms with Crippen molar-refractivity contribution >= 4 is 11.9 Å². The molecule has 1 aromatic rings. The molecule has 1 unspecified atom stereocenters. The number of carbonyl (C=O) groups excluding carboxylic acids is 1. The third-order valence-electron chi connectivity index (χ3n) is 6.46. The van der Waals surface area contributed by atoms with E-state index in [1.165, 1.54) is 5.56 Å². The average molecular weight is 416 g/mol. The van der Waals surface area contributed by atoms with Crippen LogP contribution in [0.5, 0.6) is 5.75 Å². The minimum Gasteiger partial charge on any atom is -0.497 e. The quantitative estimate of drug-likeness (QED) is 0.386. The number of benzene rings is 1. The number of methoxy groups -OCH3 is 1. The highest BCUT2D eigenvalue weighted by Crippen LogP contribution is 2.28. The molecule has 2 fully saturated rings. The SMILES string of the molecule is CN=C(NCCCCN1CCC(C(N)=O)CC1)N1CCC(c2ccc(OC)cc2)C1. The molecule has 30 heavy (non-hydrogen) atoms. The van der Waals surface area contributed by atoms with Crippen molar-refractivity contribution in [3.63, 3.8) is 0 Å². The van der Waals surface area contributed by atoms with E-state index in [0.29, 0.717) is 5.92 Å². The van der Waals surface area contributed by atoms with E-state index in [4.69, 9.17) is 10.5 Å². The van der Waals surface area contributed by atoms with Crippen LogP contribution in [0.3, 0.4) is 0 Å². The van der Waals surface area contributed by atoms with Crippen LogP contribution in [0.15, 0.2) is 29.3 Å².